The van der Waals surface area contributed by atoms with Gasteiger partial charge in [-0.15, -0.1) is 24.8 Å². The maximum Gasteiger partial charge on any atom is 0.119 e. The number of halogens is 2. The fourth-order valence-electron chi connectivity index (χ4n) is 4.30. The normalized spacial score (nSPS) is 15.4. The van der Waals surface area contributed by atoms with Gasteiger partial charge in [0, 0.05) is 37.9 Å². The molecule has 1 N–H and O–H groups in total. The van der Waals surface area contributed by atoms with Gasteiger partial charge in [0.05, 0.1) is 12.2 Å². The van der Waals surface area contributed by atoms with Crippen molar-refractivity contribution in [3.05, 3.63) is 60.2 Å². The van der Waals surface area contributed by atoms with E-state index in [0.717, 1.165) is 70.6 Å². The Balaban J connectivity index is 0.00000272. The van der Waals surface area contributed by atoms with Gasteiger partial charge in [-0.2, -0.15) is 0 Å². The second-order valence-electron chi connectivity index (χ2n) is 9.22. The number of ether oxygens (including phenoxy) is 1. The molecule has 2 aromatic rings. The second kappa shape index (κ2) is 14.7. The molecule has 1 aliphatic heterocycles. The number of aliphatic hydroxyl groups is 1. The standard InChI is InChI=1S/C27H40N2O2.2ClH/c1-4-5-21-31-26-13-11-25(12-14-26)29(23(2)3)20-17-27(30)15-18-28(19-16-27)22-24-9-7-6-8-10-24;;/h6-14,23,30H,4-5,15-22H2,1-3H3;2*1H. The van der Waals surface area contributed by atoms with Crippen LogP contribution >= 0.6 is 24.8 Å². The van der Waals surface area contributed by atoms with Crippen LogP contribution in [-0.4, -0.2) is 47.9 Å². The average molecular weight is 498 g/mol. The van der Waals surface area contributed by atoms with E-state index in [9.17, 15) is 5.11 Å². The molecule has 3 rings (SSSR count). The summed E-state index contributed by atoms with van der Waals surface area (Å²) in [6.45, 7) is 11.1. The van der Waals surface area contributed by atoms with Gasteiger partial charge in [0.2, 0.25) is 0 Å². The van der Waals surface area contributed by atoms with E-state index < -0.39 is 5.60 Å². The van der Waals surface area contributed by atoms with Crippen LogP contribution in [0.25, 0.3) is 0 Å². The Morgan fingerprint density at radius 3 is 2.21 bits per heavy atom. The predicted molar refractivity (Wildman–Crippen MR) is 144 cm³/mol. The number of unbranched alkanes of at least 4 members (excludes halogenated alkanes) is 1. The third-order valence-corrected chi connectivity index (χ3v) is 6.41. The number of rotatable bonds is 11. The first-order valence-electron chi connectivity index (χ1n) is 12.0. The molecule has 0 bridgehead atoms. The highest BCUT2D eigenvalue weighted by atomic mass is 35.5. The Bertz CT molecular complexity index is 763. The number of piperidine rings is 1. The van der Waals surface area contributed by atoms with Crippen LogP contribution < -0.4 is 9.64 Å². The lowest BCUT2D eigenvalue weighted by molar-refractivity contribution is -0.0278. The summed E-state index contributed by atoms with van der Waals surface area (Å²) in [5.74, 6) is 0.935. The van der Waals surface area contributed by atoms with Gasteiger partial charge in [-0.25, -0.2) is 0 Å². The van der Waals surface area contributed by atoms with Gasteiger partial charge in [-0.1, -0.05) is 43.7 Å². The van der Waals surface area contributed by atoms with Crippen LogP contribution in [0.2, 0.25) is 0 Å². The molecule has 6 heteroatoms. The van der Waals surface area contributed by atoms with Crippen molar-refractivity contribution in [2.45, 2.75) is 71.1 Å². The van der Waals surface area contributed by atoms with Crippen molar-refractivity contribution in [3.63, 3.8) is 0 Å². The summed E-state index contributed by atoms with van der Waals surface area (Å²) in [7, 11) is 0. The third-order valence-electron chi connectivity index (χ3n) is 6.41. The van der Waals surface area contributed by atoms with Crippen LogP contribution in [0.15, 0.2) is 54.6 Å². The van der Waals surface area contributed by atoms with Crippen molar-refractivity contribution >= 4 is 30.5 Å². The zero-order chi connectivity index (χ0) is 22.1. The summed E-state index contributed by atoms with van der Waals surface area (Å²) in [6.07, 6.45) is 4.72. The minimum absolute atomic E-state index is 0. The quantitative estimate of drug-likeness (QED) is 0.368. The fourth-order valence-corrected chi connectivity index (χ4v) is 4.30. The molecule has 4 nitrogen and oxygen atoms in total. The Hall–Kier alpha value is -1.46. The van der Waals surface area contributed by atoms with Gasteiger partial charge in [-0.3, -0.25) is 4.90 Å². The van der Waals surface area contributed by atoms with Crippen molar-refractivity contribution in [1.82, 2.24) is 4.90 Å². The molecule has 0 aromatic heterocycles. The van der Waals surface area contributed by atoms with E-state index in [2.05, 4.69) is 85.2 Å². The van der Waals surface area contributed by atoms with E-state index in [1.54, 1.807) is 0 Å². The molecule has 1 saturated heterocycles. The van der Waals surface area contributed by atoms with Crippen LogP contribution in [0.3, 0.4) is 0 Å². The molecule has 0 atom stereocenters. The summed E-state index contributed by atoms with van der Waals surface area (Å²) < 4.78 is 5.80. The highest BCUT2D eigenvalue weighted by molar-refractivity contribution is 5.85. The monoisotopic (exact) mass is 496 g/mol. The predicted octanol–water partition coefficient (Wildman–Crippen LogP) is 6.34. The lowest BCUT2D eigenvalue weighted by Crippen LogP contribution is -2.46. The molecule has 0 saturated carbocycles. The number of hydrogen-bond acceptors (Lipinski definition) is 4. The van der Waals surface area contributed by atoms with Gasteiger partial charge in [0.25, 0.3) is 0 Å². The minimum Gasteiger partial charge on any atom is -0.494 e. The second-order valence-corrected chi connectivity index (χ2v) is 9.22. The molecule has 186 valence electrons. The zero-order valence-electron chi connectivity index (χ0n) is 20.4. The Kier molecular flexibility index (Phi) is 13.2. The Morgan fingerprint density at radius 1 is 1.00 bits per heavy atom. The summed E-state index contributed by atoms with van der Waals surface area (Å²) in [4.78, 5) is 4.85. The van der Waals surface area contributed by atoms with Crippen LogP contribution in [0.5, 0.6) is 5.75 Å². The Morgan fingerprint density at radius 2 is 1.64 bits per heavy atom. The lowest BCUT2D eigenvalue weighted by Gasteiger charge is -2.40. The number of likely N-dealkylation sites (tertiary alicyclic amines) is 1. The maximum absolute atomic E-state index is 11.2. The molecule has 0 amide bonds. The van der Waals surface area contributed by atoms with E-state index in [0.29, 0.717) is 6.04 Å². The van der Waals surface area contributed by atoms with E-state index in [1.165, 1.54) is 11.3 Å². The molecule has 0 unspecified atom stereocenters. The van der Waals surface area contributed by atoms with Gasteiger partial charge >= 0.3 is 0 Å². The smallest absolute Gasteiger partial charge is 0.119 e. The number of anilines is 1. The summed E-state index contributed by atoms with van der Waals surface area (Å²) in [6, 6.07) is 19.4. The number of benzene rings is 2. The molecule has 0 spiro atoms. The van der Waals surface area contributed by atoms with Crippen LogP contribution in [-0.2, 0) is 6.54 Å². The van der Waals surface area contributed by atoms with Crippen LogP contribution in [0.4, 0.5) is 5.69 Å². The van der Waals surface area contributed by atoms with Crippen molar-refractivity contribution < 1.29 is 9.84 Å². The highest BCUT2D eigenvalue weighted by Crippen LogP contribution is 2.29. The maximum atomic E-state index is 11.2. The van der Waals surface area contributed by atoms with E-state index in [1.807, 2.05) is 0 Å². The molecular weight excluding hydrogens is 455 g/mol. The summed E-state index contributed by atoms with van der Waals surface area (Å²) >= 11 is 0. The molecule has 0 radical (unpaired) electrons. The van der Waals surface area contributed by atoms with Gasteiger partial charge in [0.1, 0.15) is 5.75 Å². The molecule has 0 aliphatic carbocycles. The zero-order valence-corrected chi connectivity index (χ0v) is 22.0. The van der Waals surface area contributed by atoms with Gasteiger partial charge < -0.3 is 14.7 Å². The van der Waals surface area contributed by atoms with Crippen LogP contribution in [0, 0.1) is 0 Å². The summed E-state index contributed by atoms with van der Waals surface area (Å²) in [5.41, 5.74) is 1.98. The molecule has 1 fully saturated rings. The minimum atomic E-state index is -0.566. The molecule has 2 aromatic carbocycles. The van der Waals surface area contributed by atoms with Crippen molar-refractivity contribution in [2.24, 2.45) is 0 Å². The lowest BCUT2D eigenvalue weighted by atomic mass is 9.87. The largest absolute Gasteiger partial charge is 0.494 e. The molecular formula is C27H42Cl2N2O2. The first-order chi connectivity index (χ1) is 15.0. The fraction of sp³-hybridized carbons (Fsp3) is 0.556. The highest BCUT2D eigenvalue weighted by Gasteiger charge is 2.32. The van der Waals surface area contributed by atoms with Crippen molar-refractivity contribution in [3.8, 4) is 5.75 Å². The SMILES string of the molecule is CCCCOc1ccc(N(CCC2(O)CCN(Cc3ccccc3)CC2)C(C)C)cc1.Cl.Cl. The molecule has 1 aliphatic rings. The average Bonchev–Trinajstić information content (AvgIpc) is 2.77. The molecule has 1 heterocycles. The van der Waals surface area contributed by atoms with Crippen LogP contribution in [0.1, 0.15) is 58.4 Å². The van der Waals surface area contributed by atoms with Crippen molar-refractivity contribution in [1.29, 1.82) is 0 Å². The van der Waals surface area contributed by atoms with Crippen molar-refractivity contribution in [2.75, 3.05) is 31.1 Å². The Labute approximate surface area is 213 Å². The van der Waals surface area contributed by atoms with E-state index in [-0.39, 0.29) is 24.8 Å². The van der Waals surface area contributed by atoms with Gasteiger partial charge in [0.15, 0.2) is 0 Å². The van der Waals surface area contributed by atoms with E-state index >= 15 is 0 Å². The topological polar surface area (TPSA) is 35.9 Å². The summed E-state index contributed by atoms with van der Waals surface area (Å²) in [5, 5.41) is 11.2. The first-order valence-corrected chi connectivity index (χ1v) is 12.0. The third kappa shape index (κ3) is 9.36. The first kappa shape index (κ1) is 29.6. The number of hydrogen-bond donors (Lipinski definition) is 1. The van der Waals surface area contributed by atoms with Gasteiger partial charge in [-0.05, 0) is 69.4 Å². The molecule has 33 heavy (non-hydrogen) atoms. The number of nitrogens with zero attached hydrogens (tertiary/aromatic N) is 2. The van der Waals surface area contributed by atoms with E-state index in [4.69, 9.17) is 4.74 Å².